The van der Waals surface area contributed by atoms with Crippen molar-refractivity contribution in [3.05, 3.63) is 34.6 Å². The maximum Gasteiger partial charge on any atom is 0.146 e. The van der Waals surface area contributed by atoms with Crippen LogP contribution in [0.3, 0.4) is 0 Å². The second-order valence-electron chi connectivity index (χ2n) is 4.09. The molecule has 1 N–H and O–H groups in total. The normalized spacial score (nSPS) is 13.1. The summed E-state index contributed by atoms with van der Waals surface area (Å²) in [4.78, 5) is 1.96. The molecule has 0 saturated heterocycles. The Labute approximate surface area is 101 Å². The third-order valence-corrected chi connectivity index (χ3v) is 2.69. The van der Waals surface area contributed by atoms with Gasteiger partial charge in [0.15, 0.2) is 0 Å². The van der Waals surface area contributed by atoms with Crippen LogP contribution in [0.25, 0.3) is 0 Å². The van der Waals surface area contributed by atoms with Crippen LogP contribution in [0.2, 0.25) is 5.02 Å². The highest BCUT2D eigenvalue weighted by molar-refractivity contribution is 6.30. The van der Waals surface area contributed by atoms with Crippen molar-refractivity contribution in [3.8, 4) is 0 Å². The van der Waals surface area contributed by atoms with E-state index in [1.165, 1.54) is 6.07 Å². The zero-order valence-corrected chi connectivity index (χ0v) is 10.3. The topological polar surface area (TPSA) is 23.5 Å². The Balaban J connectivity index is 2.56. The van der Waals surface area contributed by atoms with Crippen molar-refractivity contribution in [2.24, 2.45) is 0 Å². The monoisotopic (exact) mass is 245 g/mol. The van der Waals surface area contributed by atoms with Crippen molar-refractivity contribution in [1.29, 1.82) is 0 Å². The third-order valence-electron chi connectivity index (χ3n) is 2.40. The predicted octanol–water partition coefficient (Wildman–Crippen LogP) is 2.68. The highest BCUT2D eigenvalue weighted by atomic mass is 35.5. The van der Waals surface area contributed by atoms with Crippen molar-refractivity contribution < 1.29 is 9.50 Å². The molecule has 0 fully saturated rings. The summed E-state index contributed by atoms with van der Waals surface area (Å²) < 4.78 is 13.6. The van der Waals surface area contributed by atoms with Gasteiger partial charge in [-0.05, 0) is 26.5 Å². The summed E-state index contributed by atoms with van der Waals surface area (Å²) in [5.74, 6) is -0.354. The first-order valence-corrected chi connectivity index (χ1v) is 5.68. The zero-order valence-electron chi connectivity index (χ0n) is 9.58. The van der Waals surface area contributed by atoms with E-state index in [1.54, 1.807) is 19.1 Å². The number of benzene rings is 1. The minimum atomic E-state index is -0.354. The third kappa shape index (κ3) is 4.08. The predicted molar refractivity (Wildman–Crippen MR) is 64.0 cm³/mol. The van der Waals surface area contributed by atoms with E-state index < -0.39 is 0 Å². The fraction of sp³-hybridized carbons (Fsp3) is 0.500. The van der Waals surface area contributed by atoms with Gasteiger partial charge in [0.25, 0.3) is 0 Å². The van der Waals surface area contributed by atoms with Crippen molar-refractivity contribution in [2.45, 2.75) is 26.0 Å². The SMILES string of the molecule is CC(O)CCN(C)Cc1cccc(Cl)c1F. The van der Waals surface area contributed by atoms with E-state index in [4.69, 9.17) is 16.7 Å². The molecule has 1 rings (SSSR count). The van der Waals surface area contributed by atoms with Gasteiger partial charge in [0, 0.05) is 18.7 Å². The van der Waals surface area contributed by atoms with E-state index in [2.05, 4.69) is 0 Å². The van der Waals surface area contributed by atoms with E-state index in [-0.39, 0.29) is 16.9 Å². The van der Waals surface area contributed by atoms with Crippen LogP contribution in [0.5, 0.6) is 0 Å². The molecule has 1 aromatic rings. The summed E-state index contributed by atoms with van der Waals surface area (Å²) in [6, 6.07) is 5.00. The fourth-order valence-corrected chi connectivity index (χ4v) is 1.64. The number of rotatable bonds is 5. The number of halogens is 2. The maximum absolute atomic E-state index is 13.6. The second kappa shape index (κ2) is 6.18. The molecule has 90 valence electrons. The molecule has 0 aliphatic rings. The van der Waals surface area contributed by atoms with Gasteiger partial charge in [0.05, 0.1) is 11.1 Å². The van der Waals surface area contributed by atoms with Crippen LogP contribution in [-0.2, 0) is 6.54 Å². The summed E-state index contributed by atoms with van der Waals surface area (Å²) >= 11 is 5.69. The first-order valence-electron chi connectivity index (χ1n) is 5.30. The molecule has 0 amide bonds. The van der Waals surface area contributed by atoms with Gasteiger partial charge in [-0.15, -0.1) is 0 Å². The molecule has 4 heteroatoms. The van der Waals surface area contributed by atoms with Crippen molar-refractivity contribution in [3.63, 3.8) is 0 Å². The van der Waals surface area contributed by atoms with Gasteiger partial charge in [-0.3, -0.25) is 0 Å². The number of nitrogens with zero attached hydrogens (tertiary/aromatic N) is 1. The average molecular weight is 246 g/mol. The van der Waals surface area contributed by atoms with Crippen LogP contribution in [0.15, 0.2) is 18.2 Å². The lowest BCUT2D eigenvalue weighted by molar-refractivity contribution is 0.162. The molecule has 16 heavy (non-hydrogen) atoms. The summed E-state index contributed by atoms with van der Waals surface area (Å²) in [7, 11) is 1.89. The number of aliphatic hydroxyl groups is 1. The molecule has 0 saturated carbocycles. The Morgan fingerprint density at radius 1 is 1.50 bits per heavy atom. The lowest BCUT2D eigenvalue weighted by Gasteiger charge is -2.18. The molecular formula is C12H17ClFNO. The standard InChI is InChI=1S/C12H17ClFNO/c1-9(16)6-7-15(2)8-10-4-3-5-11(13)12(10)14/h3-5,9,16H,6-8H2,1-2H3. The minimum Gasteiger partial charge on any atom is -0.393 e. The quantitative estimate of drug-likeness (QED) is 0.862. The summed E-state index contributed by atoms with van der Waals surface area (Å²) in [5, 5.41) is 9.30. The molecule has 0 radical (unpaired) electrons. The molecule has 0 aliphatic heterocycles. The molecule has 2 nitrogen and oxygen atoms in total. The molecule has 1 unspecified atom stereocenters. The Kier molecular flexibility index (Phi) is 5.19. The number of hydrogen-bond donors (Lipinski definition) is 1. The van der Waals surface area contributed by atoms with E-state index >= 15 is 0 Å². The number of hydrogen-bond acceptors (Lipinski definition) is 2. The Hall–Kier alpha value is -0.640. The Morgan fingerprint density at radius 2 is 2.19 bits per heavy atom. The molecule has 0 bridgehead atoms. The van der Waals surface area contributed by atoms with E-state index in [9.17, 15) is 4.39 Å². The molecule has 1 atom stereocenters. The molecular weight excluding hydrogens is 229 g/mol. The Morgan fingerprint density at radius 3 is 2.81 bits per heavy atom. The van der Waals surface area contributed by atoms with Crippen molar-refractivity contribution in [2.75, 3.05) is 13.6 Å². The van der Waals surface area contributed by atoms with Gasteiger partial charge in [-0.25, -0.2) is 4.39 Å². The van der Waals surface area contributed by atoms with E-state index in [0.29, 0.717) is 18.5 Å². The second-order valence-corrected chi connectivity index (χ2v) is 4.50. The summed E-state index contributed by atoms with van der Waals surface area (Å²) in [5.41, 5.74) is 0.584. The molecule has 0 aliphatic carbocycles. The van der Waals surface area contributed by atoms with Gasteiger partial charge < -0.3 is 10.0 Å². The van der Waals surface area contributed by atoms with Crippen LogP contribution in [-0.4, -0.2) is 29.7 Å². The van der Waals surface area contributed by atoms with Gasteiger partial charge in [0.1, 0.15) is 5.82 Å². The molecule has 0 heterocycles. The van der Waals surface area contributed by atoms with Crippen LogP contribution in [0, 0.1) is 5.82 Å². The summed E-state index contributed by atoms with van der Waals surface area (Å²) in [6.07, 6.45) is 0.352. The van der Waals surface area contributed by atoms with Gasteiger partial charge in [-0.1, -0.05) is 23.7 Å². The van der Waals surface area contributed by atoms with Crippen LogP contribution < -0.4 is 0 Å². The minimum absolute atomic E-state index is 0.154. The first kappa shape index (κ1) is 13.4. The Bertz CT molecular complexity index is 344. The van der Waals surface area contributed by atoms with Gasteiger partial charge in [0.2, 0.25) is 0 Å². The highest BCUT2D eigenvalue weighted by Crippen LogP contribution is 2.18. The zero-order chi connectivity index (χ0) is 12.1. The largest absolute Gasteiger partial charge is 0.393 e. The fourth-order valence-electron chi connectivity index (χ4n) is 1.45. The smallest absolute Gasteiger partial charge is 0.146 e. The van der Waals surface area contributed by atoms with E-state index in [0.717, 1.165) is 6.54 Å². The lowest BCUT2D eigenvalue weighted by Crippen LogP contribution is -2.22. The first-order chi connectivity index (χ1) is 7.50. The molecule has 0 aromatic heterocycles. The van der Waals surface area contributed by atoms with Crippen LogP contribution >= 0.6 is 11.6 Å². The molecule has 1 aromatic carbocycles. The van der Waals surface area contributed by atoms with Gasteiger partial charge >= 0.3 is 0 Å². The maximum atomic E-state index is 13.6. The van der Waals surface area contributed by atoms with Crippen molar-refractivity contribution >= 4 is 11.6 Å². The summed E-state index contributed by atoms with van der Waals surface area (Å²) in [6.45, 7) is 2.97. The number of aliphatic hydroxyl groups excluding tert-OH is 1. The lowest BCUT2D eigenvalue weighted by atomic mass is 10.2. The molecule has 0 spiro atoms. The van der Waals surface area contributed by atoms with E-state index in [1.807, 2.05) is 11.9 Å². The van der Waals surface area contributed by atoms with Crippen LogP contribution in [0.4, 0.5) is 4.39 Å². The van der Waals surface area contributed by atoms with Crippen molar-refractivity contribution in [1.82, 2.24) is 4.90 Å². The average Bonchev–Trinajstić information content (AvgIpc) is 2.22. The van der Waals surface area contributed by atoms with Gasteiger partial charge in [-0.2, -0.15) is 0 Å². The highest BCUT2D eigenvalue weighted by Gasteiger charge is 2.09. The van der Waals surface area contributed by atoms with Crippen LogP contribution in [0.1, 0.15) is 18.9 Å².